The third-order valence-corrected chi connectivity index (χ3v) is 2.45. The SMILES string of the molecule is CC(C)[C@@H](CC[C@@H](C)C(=O)O)C(=O)O. The zero-order valence-corrected chi connectivity index (χ0v) is 8.86. The number of carboxylic acid groups (broad SMARTS) is 2. The fourth-order valence-corrected chi connectivity index (χ4v) is 1.29. The van der Waals surface area contributed by atoms with E-state index in [-0.39, 0.29) is 5.92 Å². The summed E-state index contributed by atoms with van der Waals surface area (Å²) in [5.41, 5.74) is 0. The molecule has 4 heteroatoms. The Hall–Kier alpha value is -1.06. The molecule has 0 aliphatic rings. The molecule has 0 aliphatic heterocycles. The number of hydrogen-bond acceptors (Lipinski definition) is 2. The van der Waals surface area contributed by atoms with Gasteiger partial charge in [-0.1, -0.05) is 20.8 Å². The van der Waals surface area contributed by atoms with E-state index in [1.165, 1.54) is 0 Å². The van der Waals surface area contributed by atoms with Gasteiger partial charge in [-0.3, -0.25) is 9.59 Å². The highest BCUT2D eigenvalue weighted by Gasteiger charge is 2.23. The summed E-state index contributed by atoms with van der Waals surface area (Å²) >= 11 is 0. The summed E-state index contributed by atoms with van der Waals surface area (Å²) in [6.45, 7) is 5.27. The van der Waals surface area contributed by atoms with E-state index in [1.54, 1.807) is 6.92 Å². The highest BCUT2D eigenvalue weighted by Crippen LogP contribution is 2.20. The molecule has 0 saturated carbocycles. The first-order valence-corrected chi connectivity index (χ1v) is 4.81. The Morgan fingerprint density at radius 2 is 1.50 bits per heavy atom. The predicted octanol–water partition coefficient (Wildman–Crippen LogP) is 1.84. The molecule has 0 aromatic heterocycles. The van der Waals surface area contributed by atoms with Crippen LogP contribution in [0.4, 0.5) is 0 Å². The number of aliphatic carboxylic acids is 2. The van der Waals surface area contributed by atoms with Gasteiger partial charge in [0.15, 0.2) is 0 Å². The molecule has 0 bridgehead atoms. The monoisotopic (exact) mass is 202 g/mol. The van der Waals surface area contributed by atoms with Gasteiger partial charge in [0.05, 0.1) is 11.8 Å². The van der Waals surface area contributed by atoms with Crippen molar-refractivity contribution in [1.82, 2.24) is 0 Å². The first-order valence-electron chi connectivity index (χ1n) is 4.81. The largest absolute Gasteiger partial charge is 0.481 e. The second-order valence-corrected chi connectivity index (χ2v) is 4.01. The zero-order chi connectivity index (χ0) is 11.3. The first-order chi connectivity index (χ1) is 6.36. The fraction of sp³-hybridized carbons (Fsp3) is 0.800. The van der Waals surface area contributed by atoms with Crippen LogP contribution < -0.4 is 0 Å². The molecule has 0 saturated heterocycles. The minimum Gasteiger partial charge on any atom is -0.481 e. The maximum atomic E-state index is 10.8. The standard InChI is InChI=1S/C10H18O4/c1-6(2)8(10(13)14)5-4-7(3)9(11)12/h6-8H,4-5H2,1-3H3,(H,11,12)(H,13,14)/t7-,8-/m1/s1. The van der Waals surface area contributed by atoms with Crippen LogP contribution in [-0.4, -0.2) is 22.2 Å². The summed E-state index contributed by atoms with van der Waals surface area (Å²) in [5, 5.41) is 17.5. The van der Waals surface area contributed by atoms with Gasteiger partial charge in [-0.25, -0.2) is 0 Å². The van der Waals surface area contributed by atoms with Crippen LogP contribution in [-0.2, 0) is 9.59 Å². The summed E-state index contributed by atoms with van der Waals surface area (Å²) < 4.78 is 0. The molecule has 0 aromatic rings. The Balaban J connectivity index is 4.07. The van der Waals surface area contributed by atoms with Crippen LogP contribution >= 0.6 is 0 Å². The van der Waals surface area contributed by atoms with Gasteiger partial charge >= 0.3 is 11.9 Å². The lowest BCUT2D eigenvalue weighted by molar-refractivity contribution is -0.145. The second-order valence-electron chi connectivity index (χ2n) is 4.01. The van der Waals surface area contributed by atoms with Gasteiger partial charge in [0.25, 0.3) is 0 Å². The van der Waals surface area contributed by atoms with E-state index in [2.05, 4.69) is 0 Å². The molecule has 0 unspecified atom stereocenters. The van der Waals surface area contributed by atoms with Crippen molar-refractivity contribution in [2.75, 3.05) is 0 Å². The Bertz CT molecular complexity index is 210. The molecule has 0 heterocycles. The molecule has 0 aromatic carbocycles. The van der Waals surface area contributed by atoms with Gasteiger partial charge < -0.3 is 10.2 Å². The zero-order valence-electron chi connectivity index (χ0n) is 8.86. The van der Waals surface area contributed by atoms with Crippen molar-refractivity contribution in [2.24, 2.45) is 17.8 Å². The number of hydrogen-bond donors (Lipinski definition) is 2. The highest BCUT2D eigenvalue weighted by molar-refractivity contribution is 5.71. The van der Waals surface area contributed by atoms with Crippen LogP contribution in [0.1, 0.15) is 33.6 Å². The van der Waals surface area contributed by atoms with Crippen LogP contribution in [0.3, 0.4) is 0 Å². The lowest BCUT2D eigenvalue weighted by Crippen LogP contribution is -2.21. The summed E-state index contributed by atoms with van der Waals surface area (Å²) in [7, 11) is 0. The number of carboxylic acids is 2. The van der Waals surface area contributed by atoms with Gasteiger partial charge in [0.1, 0.15) is 0 Å². The molecule has 82 valence electrons. The Kier molecular flexibility index (Phi) is 5.20. The summed E-state index contributed by atoms with van der Waals surface area (Å²) in [5.74, 6) is -2.55. The van der Waals surface area contributed by atoms with Crippen molar-refractivity contribution in [1.29, 1.82) is 0 Å². The van der Waals surface area contributed by atoms with Crippen molar-refractivity contribution >= 4 is 11.9 Å². The Morgan fingerprint density at radius 3 is 1.79 bits per heavy atom. The number of rotatable bonds is 6. The maximum absolute atomic E-state index is 10.8. The maximum Gasteiger partial charge on any atom is 0.306 e. The average molecular weight is 202 g/mol. The van der Waals surface area contributed by atoms with Gasteiger partial charge in [-0.05, 0) is 18.8 Å². The topological polar surface area (TPSA) is 74.6 Å². The molecule has 0 amide bonds. The minimum atomic E-state index is -0.863. The van der Waals surface area contributed by atoms with Crippen LogP contribution in [0, 0.1) is 17.8 Å². The van der Waals surface area contributed by atoms with Crippen LogP contribution in [0.2, 0.25) is 0 Å². The van der Waals surface area contributed by atoms with Gasteiger partial charge in [-0.15, -0.1) is 0 Å². The van der Waals surface area contributed by atoms with E-state index < -0.39 is 23.8 Å². The molecular weight excluding hydrogens is 184 g/mol. The summed E-state index contributed by atoms with van der Waals surface area (Å²) in [4.78, 5) is 21.3. The predicted molar refractivity (Wildman–Crippen MR) is 52.0 cm³/mol. The molecule has 4 nitrogen and oxygen atoms in total. The molecule has 0 rings (SSSR count). The normalized spacial score (nSPS) is 15.1. The van der Waals surface area contributed by atoms with Crippen LogP contribution in [0.15, 0.2) is 0 Å². The summed E-state index contributed by atoms with van der Waals surface area (Å²) in [6.07, 6.45) is 0.852. The summed E-state index contributed by atoms with van der Waals surface area (Å²) in [6, 6.07) is 0. The molecule has 0 spiro atoms. The second kappa shape index (κ2) is 5.62. The van der Waals surface area contributed by atoms with E-state index in [0.717, 1.165) is 0 Å². The Labute approximate surface area is 83.9 Å². The molecule has 2 N–H and O–H groups in total. The fourth-order valence-electron chi connectivity index (χ4n) is 1.29. The van der Waals surface area contributed by atoms with Crippen molar-refractivity contribution in [3.8, 4) is 0 Å². The van der Waals surface area contributed by atoms with E-state index in [0.29, 0.717) is 12.8 Å². The van der Waals surface area contributed by atoms with Crippen molar-refractivity contribution in [3.63, 3.8) is 0 Å². The smallest absolute Gasteiger partial charge is 0.306 e. The van der Waals surface area contributed by atoms with Crippen molar-refractivity contribution in [2.45, 2.75) is 33.6 Å². The lowest BCUT2D eigenvalue weighted by atomic mass is 9.88. The minimum absolute atomic E-state index is 0.0495. The van der Waals surface area contributed by atoms with Gasteiger partial charge in [0, 0.05) is 0 Å². The van der Waals surface area contributed by atoms with Gasteiger partial charge in [-0.2, -0.15) is 0 Å². The first kappa shape index (κ1) is 12.9. The highest BCUT2D eigenvalue weighted by atomic mass is 16.4. The quantitative estimate of drug-likeness (QED) is 0.689. The van der Waals surface area contributed by atoms with Crippen LogP contribution in [0.25, 0.3) is 0 Å². The molecule has 2 atom stereocenters. The molecule has 14 heavy (non-hydrogen) atoms. The van der Waals surface area contributed by atoms with E-state index in [4.69, 9.17) is 10.2 Å². The van der Waals surface area contributed by atoms with Gasteiger partial charge in [0.2, 0.25) is 0 Å². The average Bonchev–Trinajstić information content (AvgIpc) is 2.02. The van der Waals surface area contributed by atoms with E-state index >= 15 is 0 Å². The van der Waals surface area contributed by atoms with Crippen molar-refractivity contribution < 1.29 is 19.8 Å². The number of carbonyl (C=O) groups is 2. The van der Waals surface area contributed by atoms with Crippen LogP contribution in [0.5, 0.6) is 0 Å². The van der Waals surface area contributed by atoms with E-state index in [9.17, 15) is 9.59 Å². The Morgan fingerprint density at radius 1 is 1.00 bits per heavy atom. The van der Waals surface area contributed by atoms with Crippen molar-refractivity contribution in [3.05, 3.63) is 0 Å². The lowest BCUT2D eigenvalue weighted by Gasteiger charge is -2.16. The third kappa shape index (κ3) is 4.25. The molecule has 0 fully saturated rings. The van der Waals surface area contributed by atoms with E-state index in [1.807, 2.05) is 13.8 Å². The molecule has 0 radical (unpaired) electrons. The molecule has 0 aliphatic carbocycles. The third-order valence-electron chi connectivity index (χ3n) is 2.45. The molecular formula is C10H18O4.